The number of ether oxygens (including phenoxy) is 1. The van der Waals surface area contributed by atoms with Crippen LogP contribution in [0.4, 0.5) is 5.69 Å². The minimum Gasteiger partial charge on any atom is -0.495 e. The van der Waals surface area contributed by atoms with Crippen molar-refractivity contribution in [2.24, 2.45) is 0 Å². The lowest BCUT2D eigenvalue weighted by molar-refractivity contribution is -0.117. The summed E-state index contributed by atoms with van der Waals surface area (Å²) in [6.07, 6.45) is 5.77. The van der Waals surface area contributed by atoms with Gasteiger partial charge in [0.2, 0.25) is 15.9 Å². The van der Waals surface area contributed by atoms with Crippen molar-refractivity contribution in [3.8, 4) is 5.75 Å². The van der Waals surface area contributed by atoms with Crippen molar-refractivity contribution in [1.82, 2.24) is 4.72 Å². The van der Waals surface area contributed by atoms with Gasteiger partial charge in [-0.05, 0) is 73.9 Å². The van der Waals surface area contributed by atoms with Crippen LogP contribution < -0.4 is 14.4 Å². The molecule has 1 atom stereocenters. The number of nitrogens with one attached hydrogen (secondary N) is 1. The standard InChI is InChI=1S/C23H28N2O4S/c1-16(18-10-9-17-6-3-4-7-19(17)14-18)24-30(27,28)20-11-12-22(29-2)21(15-20)25-13-5-8-23(25)26/h9-12,14-16,24H,3-8,13H2,1-2H3. The highest BCUT2D eigenvalue weighted by Gasteiger charge is 2.27. The van der Waals surface area contributed by atoms with Gasteiger partial charge in [0, 0.05) is 19.0 Å². The third kappa shape index (κ3) is 4.09. The summed E-state index contributed by atoms with van der Waals surface area (Å²) in [6.45, 7) is 2.42. The molecule has 160 valence electrons. The number of hydrogen-bond donors (Lipinski definition) is 1. The number of carbonyl (C=O) groups is 1. The molecular weight excluding hydrogens is 400 g/mol. The molecule has 1 unspecified atom stereocenters. The van der Waals surface area contributed by atoms with Crippen LogP contribution in [0.2, 0.25) is 0 Å². The number of carbonyl (C=O) groups excluding carboxylic acids is 1. The average Bonchev–Trinajstić information content (AvgIpc) is 3.18. The molecule has 0 spiro atoms. The zero-order valence-corrected chi connectivity index (χ0v) is 18.3. The number of fused-ring (bicyclic) bond motifs is 1. The summed E-state index contributed by atoms with van der Waals surface area (Å²) in [5.74, 6) is 0.477. The maximum atomic E-state index is 13.1. The molecule has 2 aliphatic rings. The van der Waals surface area contributed by atoms with Crippen molar-refractivity contribution in [3.05, 3.63) is 53.1 Å². The number of rotatable bonds is 6. The van der Waals surface area contributed by atoms with Gasteiger partial charge in [-0.15, -0.1) is 0 Å². The first-order valence-corrected chi connectivity index (χ1v) is 12.0. The Morgan fingerprint density at radius 1 is 1.00 bits per heavy atom. The second-order valence-electron chi connectivity index (χ2n) is 8.06. The molecule has 1 saturated heterocycles. The number of benzene rings is 2. The SMILES string of the molecule is COc1ccc(S(=O)(=O)NC(C)c2ccc3c(c2)CCCC3)cc1N1CCCC1=O. The van der Waals surface area contributed by atoms with E-state index in [0.717, 1.165) is 24.8 Å². The molecule has 0 saturated carbocycles. The molecule has 1 fully saturated rings. The Labute approximate surface area is 178 Å². The highest BCUT2D eigenvalue weighted by Crippen LogP contribution is 2.34. The lowest BCUT2D eigenvalue weighted by Gasteiger charge is -2.22. The van der Waals surface area contributed by atoms with E-state index in [4.69, 9.17) is 4.74 Å². The van der Waals surface area contributed by atoms with Gasteiger partial charge >= 0.3 is 0 Å². The number of sulfonamides is 1. The molecule has 0 radical (unpaired) electrons. The van der Waals surface area contributed by atoms with Crippen LogP contribution in [0.1, 0.15) is 55.3 Å². The predicted molar refractivity (Wildman–Crippen MR) is 116 cm³/mol. The van der Waals surface area contributed by atoms with Crippen molar-refractivity contribution in [2.45, 2.75) is 56.4 Å². The fraction of sp³-hybridized carbons (Fsp3) is 0.435. The average molecular weight is 429 g/mol. The van der Waals surface area contributed by atoms with Crippen molar-refractivity contribution in [1.29, 1.82) is 0 Å². The molecule has 0 aromatic heterocycles. The van der Waals surface area contributed by atoms with Crippen LogP contribution >= 0.6 is 0 Å². The topological polar surface area (TPSA) is 75.7 Å². The summed E-state index contributed by atoms with van der Waals surface area (Å²) in [7, 11) is -2.25. The molecule has 1 heterocycles. The minimum atomic E-state index is -3.77. The van der Waals surface area contributed by atoms with Crippen LogP contribution in [-0.2, 0) is 27.7 Å². The van der Waals surface area contributed by atoms with Gasteiger partial charge in [-0.25, -0.2) is 13.1 Å². The molecule has 1 aliphatic heterocycles. The number of anilines is 1. The molecule has 2 aromatic rings. The fourth-order valence-corrected chi connectivity index (χ4v) is 5.59. The van der Waals surface area contributed by atoms with Gasteiger partial charge in [-0.1, -0.05) is 18.2 Å². The van der Waals surface area contributed by atoms with Gasteiger partial charge < -0.3 is 9.64 Å². The third-order valence-electron chi connectivity index (χ3n) is 6.03. The third-order valence-corrected chi connectivity index (χ3v) is 7.57. The molecule has 0 bridgehead atoms. The van der Waals surface area contributed by atoms with Gasteiger partial charge in [0.15, 0.2) is 0 Å². The van der Waals surface area contributed by atoms with E-state index in [1.54, 1.807) is 11.0 Å². The Morgan fingerprint density at radius 2 is 1.77 bits per heavy atom. The summed E-state index contributed by atoms with van der Waals surface area (Å²) < 4.78 is 34.4. The summed E-state index contributed by atoms with van der Waals surface area (Å²) in [5, 5.41) is 0. The highest BCUT2D eigenvalue weighted by molar-refractivity contribution is 7.89. The fourth-order valence-electron chi connectivity index (χ4n) is 4.34. The minimum absolute atomic E-state index is 0.0155. The molecule has 6 nitrogen and oxygen atoms in total. The zero-order valence-electron chi connectivity index (χ0n) is 17.5. The molecule has 1 amide bonds. The molecule has 1 N–H and O–H groups in total. The monoisotopic (exact) mass is 428 g/mol. The number of methoxy groups -OCH3 is 1. The maximum absolute atomic E-state index is 13.1. The van der Waals surface area contributed by atoms with Crippen LogP contribution in [0.25, 0.3) is 0 Å². The number of hydrogen-bond acceptors (Lipinski definition) is 4. The Kier molecular flexibility index (Phi) is 5.84. The van der Waals surface area contributed by atoms with Crippen molar-refractivity contribution >= 4 is 21.6 Å². The first-order valence-electron chi connectivity index (χ1n) is 10.5. The zero-order chi connectivity index (χ0) is 21.3. The molecule has 30 heavy (non-hydrogen) atoms. The van der Waals surface area contributed by atoms with Crippen LogP contribution in [0.5, 0.6) is 5.75 Å². The van der Waals surface area contributed by atoms with Crippen LogP contribution in [0, 0.1) is 0 Å². The number of aryl methyl sites for hydroxylation is 2. The van der Waals surface area contributed by atoms with Gasteiger partial charge in [0.05, 0.1) is 17.7 Å². The van der Waals surface area contributed by atoms with E-state index in [1.807, 2.05) is 13.0 Å². The summed E-state index contributed by atoms with van der Waals surface area (Å²) in [5.41, 5.74) is 4.16. The smallest absolute Gasteiger partial charge is 0.241 e. The van der Waals surface area contributed by atoms with Gasteiger partial charge in [-0.2, -0.15) is 0 Å². The van der Waals surface area contributed by atoms with E-state index < -0.39 is 10.0 Å². The summed E-state index contributed by atoms with van der Waals surface area (Å²) in [4.78, 5) is 13.9. The highest BCUT2D eigenvalue weighted by atomic mass is 32.2. The van der Waals surface area contributed by atoms with Crippen molar-refractivity contribution in [2.75, 3.05) is 18.6 Å². The maximum Gasteiger partial charge on any atom is 0.241 e. The lowest BCUT2D eigenvalue weighted by Crippen LogP contribution is -2.28. The van der Waals surface area contributed by atoms with Gasteiger partial charge in [-0.3, -0.25) is 4.79 Å². The molecule has 2 aromatic carbocycles. The largest absolute Gasteiger partial charge is 0.495 e. The molecule has 1 aliphatic carbocycles. The van der Waals surface area contributed by atoms with E-state index in [2.05, 4.69) is 16.9 Å². The molecule has 4 rings (SSSR count). The van der Waals surface area contributed by atoms with Crippen LogP contribution in [-0.4, -0.2) is 28.0 Å². The molecular formula is C23H28N2O4S. The lowest BCUT2D eigenvalue weighted by atomic mass is 9.89. The van der Waals surface area contributed by atoms with E-state index in [9.17, 15) is 13.2 Å². The second kappa shape index (κ2) is 8.40. The van der Waals surface area contributed by atoms with Gasteiger partial charge in [0.1, 0.15) is 5.75 Å². The summed E-state index contributed by atoms with van der Waals surface area (Å²) >= 11 is 0. The predicted octanol–water partition coefficient (Wildman–Crippen LogP) is 3.74. The van der Waals surface area contributed by atoms with E-state index >= 15 is 0 Å². The summed E-state index contributed by atoms with van der Waals surface area (Å²) in [6, 6.07) is 10.6. The van der Waals surface area contributed by atoms with E-state index in [1.165, 1.54) is 43.2 Å². The Bertz CT molecular complexity index is 1060. The Balaban J connectivity index is 1.59. The van der Waals surface area contributed by atoms with Gasteiger partial charge in [0.25, 0.3) is 0 Å². The quantitative estimate of drug-likeness (QED) is 0.761. The van der Waals surface area contributed by atoms with Crippen LogP contribution in [0.15, 0.2) is 41.3 Å². The first-order chi connectivity index (χ1) is 14.4. The van der Waals surface area contributed by atoms with E-state index in [0.29, 0.717) is 24.4 Å². The van der Waals surface area contributed by atoms with Crippen molar-refractivity contribution in [3.63, 3.8) is 0 Å². The normalized spacial score (nSPS) is 17.7. The Hall–Kier alpha value is -2.38. The van der Waals surface area contributed by atoms with Crippen LogP contribution in [0.3, 0.4) is 0 Å². The number of amides is 1. The number of nitrogens with zero attached hydrogens (tertiary/aromatic N) is 1. The second-order valence-corrected chi connectivity index (χ2v) is 9.77. The first kappa shape index (κ1) is 20.9. The molecule has 7 heteroatoms. The van der Waals surface area contributed by atoms with Crippen molar-refractivity contribution < 1.29 is 17.9 Å². The Morgan fingerprint density at radius 3 is 2.47 bits per heavy atom. The van der Waals surface area contributed by atoms with E-state index in [-0.39, 0.29) is 16.8 Å².